The van der Waals surface area contributed by atoms with Crippen molar-refractivity contribution in [3.05, 3.63) is 76.1 Å². The van der Waals surface area contributed by atoms with Gasteiger partial charge in [0.1, 0.15) is 5.82 Å². The molecule has 2 N–H and O–H groups in total. The lowest BCUT2D eigenvalue weighted by Gasteiger charge is -2.19. The van der Waals surface area contributed by atoms with Gasteiger partial charge in [-0.1, -0.05) is 45.0 Å². The van der Waals surface area contributed by atoms with Gasteiger partial charge < -0.3 is 5.32 Å². The van der Waals surface area contributed by atoms with E-state index in [1.807, 2.05) is 36.4 Å². The maximum absolute atomic E-state index is 12.7. The molecule has 6 nitrogen and oxygen atoms in total. The molecule has 0 radical (unpaired) electrons. The first-order valence-electron chi connectivity index (χ1n) is 8.75. The van der Waals surface area contributed by atoms with Gasteiger partial charge in [-0.15, -0.1) is 0 Å². The second kappa shape index (κ2) is 6.09. The number of hydrogen-bond acceptors (Lipinski definition) is 3. The van der Waals surface area contributed by atoms with E-state index in [1.54, 1.807) is 16.5 Å². The average Bonchev–Trinajstić information content (AvgIpc) is 2.99. The Balaban J connectivity index is 1.75. The van der Waals surface area contributed by atoms with Crippen LogP contribution >= 0.6 is 0 Å². The third-order valence-electron chi connectivity index (χ3n) is 4.56. The summed E-state index contributed by atoms with van der Waals surface area (Å²) >= 11 is 0. The molecule has 0 aliphatic heterocycles. The zero-order valence-electron chi connectivity index (χ0n) is 15.4. The van der Waals surface area contributed by atoms with Crippen LogP contribution in [-0.2, 0) is 5.41 Å². The van der Waals surface area contributed by atoms with E-state index in [0.29, 0.717) is 17.2 Å². The minimum absolute atomic E-state index is 0.0175. The topological polar surface area (TPSA) is 79.3 Å². The van der Waals surface area contributed by atoms with Crippen LogP contribution in [0.4, 0.5) is 5.82 Å². The highest BCUT2D eigenvalue weighted by molar-refractivity contribution is 6.04. The van der Waals surface area contributed by atoms with Crippen molar-refractivity contribution in [2.45, 2.75) is 26.2 Å². The molecule has 0 saturated heterocycles. The van der Waals surface area contributed by atoms with Gasteiger partial charge in [-0.05, 0) is 35.2 Å². The molecule has 1 amide bonds. The van der Waals surface area contributed by atoms with E-state index in [0.717, 1.165) is 16.6 Å². The highest BCUT2D eigenvalue weighted by atomic mass is 16.2. The first-order valence-corrected chi connectivity index (χ1v) is 8.75. The molecular weight excluding hydrogens is 340 g/mol. The molecule has 2 heterocycles. The van der Waals surface area contributed by atoms with Crippen molar-refractivity contribution in [2.24, 2.45) is 0 Å². The number of hydrogen-bond donors (Lipinski definition) is 2. The van der Waals surface area contributed by atoms with Crippen LogP contribution in [0.2, 0.25) is 0 Å². The summed E-state index contributed by atoms with van der Waals surface area (Å²) in [5.41, 5.74) is 2.92. The summed E-state index contributed by atoms with van der Waals surface area (Å²) in [6, 6.07) is 16.4. The summed E-state index contributed by atoms with van der Waals surface area (Å²) in [5.74, 6) is 0.495. The Labute approximate surface area is 155 Å². The van der Waals surface area contributed by atoms with Crippen molar-refractivity contribution in [1.82, 2.24) is 14.4 Å². The van der Waals surface area contributed by atoms with Gasteiger partial charge in [0.2, 0.25) is 5.78 Å². The Morgan fingerprint density at radius 1 is 1.07 bits per heavy atom. The SMILES string of the molecule is CC(C)(C)c1ccc(C(=O)Nc2cc(=O)[nH]c3nc4ccccc4n23)cc1. The fourth-order valence-electron chi connectivity index (χ4n) is 3.09. The maximum atomic E-state index is 12.7. The van der Waals surface area contributed by atoms with Gasteiger partial charge in [-0.25, -0.2) is 4.98 Å². The minimum Gasteiger partial charge on any atom is -0.307 e. The maximum Gasteiger partial charge on any atom is 0.256 e. The number of rotatable bonds is 2. The summed E-state index contributed by atoms with van der Waals surface area (Å²) in [4.78, 5) is 31.8. The van der Waals surface area contributed by atoms with Crippen LogP contribution in [-0.4, -0.2) is 20.3 Å². The number of aromatic nitrogens is 3. The zero-order valence-corrected chi connectivity index (χ0v) is 15.4. The minimum atomic E-state index is -0.323. The third-order valence-corrected chi connectivity index (χ3v) is 4.56. The number of amides is 1. The lowest BCUT2D eigenvalue weighted by atomic mass is 9.87. The van der Waals surface area contributed by atoms with Crippen LogP contribution in [0.5, 0.6) is 0 Å². The van der Waals surface area contributed by atoms with Crippen LogP contribution in [0.3, 0.4) is 0 Å². The molecule has 4 rings (SSSR count). The van der Waals surface area contributed by atoms with Crippen molar-refractivity contribution in [3.63, 3.8) is 0 Å². The van der Waals surface area contributed by atoms with Gasteiger partial charge >= 0.3 is 0 Å². The number of aromatic amines is 1. The van der Waals surface area contributed by atoms with Crippen molar-refractivity contribution in [1.29, 1.82) is 0 Å². The van der Waals surface area contributed by atoms with Crippen LogP contribution in [0.15, 0.2) is 59.4 Å². The van der Waals surface area contributed by atoms with Crippen molar-refractivity contribution >= 4 is 28.5 Å². The first-order chi connectivity index (χ1) is 12.8. The number of nitrogens with zero attached hydrogens (tertiary/aromatic N) is 2. The molecule has 0 unspecified atom stereocenters. The molecule has 0 saturated carbocycles. The average molecular weight is 360 g/mol. The summed E-state index contributed by atoms with van der Waals surface area (Å²) < 4.78 is 1.73. The third kappa shape index (κ3) is 3.10. The summed E-state index contributed by atoms with van der Waals surface area (Å²) in [7, 11) is 0. The van der Waals surface area contributed by atoms with Crippen LogP contribution in [0.1, 0.15) is 36.7 Å². The highest BCUT2D eigenvalue weighted by Gasteiger charge is 2.16. The summed E-state index contributed by atoms with van der Waals surface area (Å²) in [5, 5.41) is 2.84. The summed E-state index contributed by atoms with van der Waals surface area (Å²) in [6.45, 7) is 6.37. The molecule has 2 aromatic heterocycles. The molecule has 0 fully saturated rings. The number of fused-ring (bicyclic) bond motifs is 3. The fourth-order valence-corrected chi connectivity index (χ4v) is 3.09. The van der Waals surface area contributed by atoms with Gasteiger partial charge in [0.15, 0.2) is 0 Å². The number of para-hydroxylation sites is 2. The van der Waals surface area contributed by atoms with E-state index in [2.05, 4.69) is 36.1 Å². The van der Waals surface area contributed by atoms with Gasteiger partial charge in [0.05, 0.1) is 11.0 Å². The standard InChI is InChI=1S/C21H20N4O2/c1-21(2,3)14-10-8-13(9-11-14)19(27)23-17-12-18(26)24-20-22-15-6-4-5-7-16(15)25(17)20/h4-12H,1-3H3,(H,23,27)(H,22,24,26). The second-order valence-corrected chi connectivity index (χ2v) is 7.56. The van der Waals surface area contributed by atoms with Crippen molar-refractivity contribution in [2.75, 3.05) is 5.32 Å². The number of benzene rings is 2. The first kappa shape index (κ1) is 17.0. The van der Waals surface area contributed by atoms with Crippen LogP contribution in [0.25, 0.3) is 16.8 Å². The molecule has 0 aliphatic carbocycles. The summed E-state index contributed by atoms with van der Waals surface area (Å²) in [6.07, 6.45) is 0. The normalized spacial score (nSPS) is 11.8. The van der Waals surface area contributed by atoms with E-state index >= 15 is 0 Å². The zero-order chi connectivity index (χ0) is 19.2. The molecule has 0 atom stereocenters. The number of imidazole rings is 1. The molecule has 0 spiro atoms. The number of H-pyrrole nitrogens is 1. The Hall–Kier alpha value is -3.41. The quantitative estimate of drug-likeness (QED) is 0.572. The number of anilines is 1. The smallest absolute Gasteiger partial charge is 0.256 e. The number of carbonyl (C=O) groups is 1. The number of nitrogens with one attached hydrogen (secondary N) is 2. The van der Waals surface area contributed by atoms with Gasteiger partial charge in [0, 0.05) is 11.6 Å². The van der Waals surface area contributed by atoms with E-state index in [1.165, 1.54) is 6.07 Å². The second-order valence-electron chi connectivity index (χ2n) is 7.56. The Kier molecular flexibility index (Phi) is 3.84. The molecule has 6 heteroatoms. The van der Waals surface area contributed by atoms with Crippen LogP contribution < -0.4 is 10.9 Å². The molecule has 27 heavy (non-hydrogen) atoms. The van der Waals surface area contributed by atoms with E-state index in [-0.39, 0.29) is 16.9 Å². The lowest BCUT2D eigenvalue weighted by molar-refractivity contribution is 0.102. The molecule has 0 aliphatic rings. The van der Waals surface area contributed by atoms with Crippen LogP contribution in [0, 0.1) is 0 Å². The molecule has 4 aromatic rings. The fraction of sp³-hybridized carbons (Fsp3) is 0.190. The lowest BCUT2D eigenvalue weighted by Crippen LogP contribution is -2.18. The largest absolute Gasteiger partial charge is 0.307 e. The Morgan fingerprint density at radius 3 is 2.48 bits per heavy atom. The van der Waals surface area contributed by atoms with Crippen molar-refractivity contribution in [3.8, 4) is 0 Å². The highest BCUT2D eigenvalue weighted by Crippen LogP contribution is 2.23. The van der Waals surface area contributed by atoms with E-state index in [9.17, 15) is 9.59 Å². The number of carbonyl (C=O) groups excluding carboxylic acids is 1. The van der Waals surface area contributed by atoms with Crippen molar-refractivity contribution < 1.29 is 4.79 Å². The van der Waals surface area contributed by atoms with Gasteiger partial charge in [-0.3, -0.25) is 19.0 Å². The van der Waals surface area contributed by atoms with E-state index in [4.69, 9.17) is 0 Å². The molecular formula is C21H20N4O2. The Morgan fingerprint density at radius 2 is 1.78 bits per heavy atom. The molecule has 136 valence electrons. The van der Waals surface area contributed by atoms with Gasteiger partial charge in [-0.2, -0.15) is 0 Å². The molecule has 0 bridgehead atoms. The molecule has 2 aromatic carbocycles. The predicted octanol–water partition coefficient (Wildman–Crippen LogP) is 3.73. The van der Waals surface area contributed by atoms with E-state index < -0.39 is 0 Å². The Bertz CT molecular complexity index is 1210. The monoisotopic (exact) mass is 360 g/mol. The van der Waals surface area contributed by atoms with Gasteiger partial charge in [0.25, 0.3) is 11.5 Å². The predicted molar refractivity (Wildman–Crippen MR) is 106 cm³/mol.